The van der Waals surface area contributed by atoms with E-state index in [9.17, 15) is 14.4 Å². The van der Waals surface area contributed by atoms with E-state index in [0.717, 1.165) is 19.3 Å². The van der Waals surface area contributed by atoms with E-state index in [1.165, 1.54) is 4.90 Å². The summed E-state index contributed by atoms with van der Waals surface area (Å²) in [5.74, 6) is -0.602. The first-order valence-electron chi connectivity index (χ1n) is 7.92. The van der Waals surface area contributed by atoms with Crippen LogP contribution in [-0.4, -0.2) is 35.2 Å². The number of fused-ring (bicyclic) bond motifs is 2. The first kappa shape index (κ1) is 14.8. The van der Waals surface area contributed by atoms with E-state index < -0.39 is 6.04 Å². The molecule has 0 bridgehead atoms. The lowest BCUT2D eigenvalue weighted by Gasteiger charge is -2.24. The smallest absolute Gasteiger partial charge is 0.256 e. The number of carbonyl (C=O) groups is 3. The molecule has 3 amide bonds. The Balaban J connectivity index is 2.06. The number of anilines is 1. The van der Waals surface area contributed by atoms with Crippen LogP contribution in [0.3, 0.4) is 0 Å². The van der Waals surface area contributed by atoms with Crippen LogP contribution >= 0.6 is 0 Å². The molecule has 1 atom stereocenters. The fourth-order valence-corrected chi connectivity index (χ4v) is 3.24. The lowest BCUT2D eigenvalue weighted by atomic mass is 10.1. The number of rotatable bonds is 3. The molecule has 5 heteroatoms. The maximum Gasteiger partial charge on any atom is 0.256 e. The Morgan fingerprint density at radius 1 is 1.27 bits per heavy atom. The van der Waals surface area contributed by atoms with E-state index >= 15 is 0 Å². The summed E-state index contributed by atoms with van der Waals surface area (Å²) in [5, 5.41) is 0. The normalized spacial score (nSPS) is 20.7. The van der Waals surface area contributed by atoms with Gasteiger partial charge in [-0.15, -0.1) is 0 Å². The number of nitrogens with zero attached hydrogens (tertiary/aromatic N) is 2. The van der Waals surface area contributed by atoms with Gasteiger partial charge in [0.15, 0.2) is 0 Å². The number of imide groups is 1. The third kappa shape index (κ3) is 2.30. The molecule has 0 radical (unpaired) electrons. The van der Waals surface area contributed by atoms with E-state index in [1.807, 2.05) is 6.92 Å². The molecule has 3 rings (SSSR count). The lowest BCUT2D eigenvalue weighted by Crippen LogP contribution is -2.47. The van der Waals surface area contributed by atoms with Crippen LogP contribution in [0.1, 0.15) is 49.4 Å². The van der Waals surface area contributed by atoms with Crippen molar-refractivity contribution < 1.29 is 14.4 Å². The Morgan fingerprint density at radius 2 is 2.05 bits per heavy atom. The van der Waals surface area contributed by atoms with Gasteiger partial charge in [-0.25, -0.2) is 4.90 Å². The molecule has 5 nitrogen and oxygen atoms in total. The maximum absolute atomic E-state index is 12.9. The number of unbranched alkanes of at least 4 members (excludes halogenated alkanes) is 1. The minimum atomic E-state index is -0.495. The van der Waals surface area contributed by atoms with Gasteiger partial charge in [-0.05, 0) is 31.4 Å². The summed E-state index contributed by atoms with van der Waals surface area (Å²) in [5.41, 5.74) is 0.887. The Morgan fingerprint density at radius 3 is 2.82 bits per heavy atom. The summed E-state index contributed by atoms with van der Waals surface area (Å²) in [7, 11) is 0. The highest BCUT2D eigenvalue weighted by Gasteiger charge is 2.43. The predicted molar refractivity (Wildman–Crippen MR) is 82.5 cm³/mol. The summed E-state index contributed by atoms with van der Waals surface area (Å²) >= 11 is 0. The zero-order valence-corrected chi connectivity index (χ0v) is 12.7. The fourth-order valence-electron chi connectivity index (χ4n) is 3.24. The Hall–Kier alpha value is -2.17. The molecule has 0 N–H and O–H groups in total. The second kappa shape index (κ2) is 5.91. The molecule has 0 spiro atoms. The molecule has 1 unspecified atom stereocenters. The highest BCUT2D eigenvalue weighted by atomic mass is 16.2. The molecule has 2 aliphatic rings. The van der Waals surface area contributed by atoms with Gasteiger partial charge < -0.3 is 4.90 Å². The molecule has 22 heavy (non-hydrogen) atoms. The Labute approximate surface area is 129 Å². The van der Waals surface area contributed by atoms with Gasteiger partial charge in [-0.1, -0.05) is 25.5 Å². The van der Waals surface area contributed by atoms with Crippen LogP contribution in [0.15, 0.2) is 24.3 Å². The maximum atomic E-state index is 12.9. The van der Waals surface area contributed by atoms with Gasteiger partial charge in [-0.3, -0.25) is 14.4 Å². The fraction of sp³-hybridized carbons (Fsp3) is 0.471. The Bertz CT molecular complexity index is 626. The number of carbonyl (C=O) groups excluding carboxylic acids is 3. The zero-order valence-electron chi connectivity index (χ0n) is 12.7. The number of amides is 3. The third-order valence-electron chi connectivity index (χ3n) is 4.39. The molecule has 1 fully saturated rings. The van der Waals surface area contributed by atoms with E-state index in [0.29, 0.717) is 30.6 Å². The van der Waals surface area contributed by atoms with Gasteiger partial charge in [0, 0.05) is 13.0 Å². The molecule has 2 aliphatic heterocycles. The van der Waals surface area contributed by atoms with Crippen molar-refractivity contribution in [2.45, 2.75) is 45.1 Å². The van der Waals surface area contributed by atoms with Crippen molar-refractivity contribution in [2.24, 2.45) is 0 Å². The van der Waals surface area contributed by atoms with Crippen LogP contribution in [0.25, 0.3) is 0 Å². The van der Waals surface area contributed by atoms with E-state index in [2.05, 4.69) is 0 Å². The molecule has 0 saturated carbocycles. The topological polar surface area (TPSA) is 57.7 Å². The molecule has 1 aromatic rings. The van der Waals surface area contributed by atoms with Crippen LogP contribution in [0.4, 0.5) is 5.69 Å². The molecule has 0 aromatic heterocycles. The van der Waals surface area contributed by atoms with Crippen molar-refractivity contribution in [1.29, 1.82) is 0 Å². The van der Waals surface area contributed by atoms with Crippen molar-refractivity contribution in [2.75, 3.05) is 11.4 Å². The summed E-state index contributed by atoms with van der Waals surface area (Å²) in [6, 6.07) is 6.43. The number of hydrogen-bond donors (Lipinski definition) is 0. The van der Waals surface area contributed by atoms with Gasteiger partial charge in [0.05, 0.1) is 11.3 Å². The third-order valence-corrected chi connectivity index (χ3v) is 4.39. The van der Waals surface area contributed by atoms with E-state index in [-0.39, 0.29) is 17.7 Å². The molecular formula is C17H20N2O3. The standard InChI is InChI=1S/C17H20N2O3/c1-2-3-10-15(20)19-13-8-5-4-7-12(13)16(21)18-11-6-9-14(18)17(19)22/h4-5,7-8,14H,2-3,6,9-11H2,1H3. The molecule has 1 aromatic carbocycles. The highest BCUT2D eigenvalue weighted by molar-refractivity contribution is 6.22. The number of hydrogen-bond acceptors (Lipinski definition) is 3. The lowest BCUT2D eigenvalue weighted by molar-refractivity contribution is -0.128. The second-order valence-corrected chi connectivity index (χ2v) is 5.84. The van der Waals surface area contributed by atoms with Crippen molar-refractivity contribution in [3.63, 3.8) is 0 Å². The van der Waals surface area contributed by atoms with Crippen LogP contribution in [-0.2, 0) is 9.59 Å². The summed E-state index contributed by atoms with van der Waals surface area (Å²) < 4.78 is 0. The van der Waals surface area contributed by atoms with Gasteiger partial charge in [0.2, 0.25) is 5.91 Å². The van der Waals surface area contributed by atoms with Gasteiger partial charge in [-0.2, -0.15) is 0 Å². The van der Waals surface area contributed by atoms with E-state index in [1.54, 1.807) is 29.2 Å². The average Bonchev–Trinajstić information content (AvgIpc) is 2.99. The summed E-state index contributed by atoms with van der Waals surface area (Å²) in [6.07, 6.45) is 3.41. The molecule has 116 valence electrons. The summed E-state index contributed by atoms with van der Waals surface area (Å²) in [6.45, 7) is 2.59. The van der Waals surface area contributed by atoms with Crippen LogP contribution in [0.5, 0.6) is 0 Å². The number of benzene rings is 1. The quantitative estimate of drug-likeness (QED) is 0.861. The van der Waals surface area contributed by atoms with Crippen molar-refractivity contribution in [3.05, 3.63) is 29.8 Å². The molecular weight excluding hydrogens is 280 g/mol. The van der Waals surface area contributed by atoms with Gasteiger partial charge in [0.1, 0.15) is 6.04 Å². The minimum Gasteiger partial charge on any atom is -0.327 e. The molecule has 2 heterocycles. The average molecular weight is 300 g/mol. The van der Waals surface area contributed by atoms with Crippen LogP contribution in [0.2, 0.25) is 0 Å². The summed E-state index contributed by atoms with van der Waals surface area (Å²) in [4.78, 5) is 41.0. The Kier molecular flexibility index (Phi) is 3.96. The first-order chi connectivity index (χ1) is 10.6. The highest BCUT2D eigenvalue weighted by Crippen LogP contribution is 2.32. The SMILES string of the molecule is CCCCC(=O)N1C(=O)C2CCCN2C(=O)c2ccccc21. The second-order valence-electron chi connectivity index (χ2n) is 5.84. The van der Waals surface area contributed by atoms with Gasteiger partial charge in [0.25, 0.3) is 11.8 Å². The monoisotopic (exact) mass is 300 g/mol. The van der Waals surface area contributed by atoms with Gasteiger partial charge >= 0.3 is 0 Å². The first-order valence-corrected chi connectivity index (χ1v) is 7.92. The van der Waals surface area contributed by atoms with Crippen LogP contribution in [0, 0.1) is 0 Å². The minimum absolute atomic E-state index is 0.141. The number of para-hydroxylation sites is 1. The largest absolute Gasteiger partial charge is 0.327 e. The van der Waals surface area contributed by atoms with Crippen molar-refractivity contribution >= 4 is 23.4 Å². The molecule has 0 aliphatic carbocycles. The predicted octanol–water partition coefficient (Wildman–Crippen LogP) is 2.35. The zero-order chi connectivity index (χ0) is 15.7. The van der Waals surface area contributed by atoms with E-state index in [4.69, 9.17) is 0 Å². The van der Waals surface area contributed by atoms with Crippen molar-refractivity contribution in [3.8, 4) is 0 Å². The van der Waals surface area contributed by atoms with Crippen LogP contribution < -0.4 is 4.90 Å². The molecule has 1 saturated heterocycles. The van der Waals surface area contributed by atoms with Crippen molar-refractivity contribution in [1.82, 2.24) is 4.90 Å².